The lowest BCUT2D eigenvalue weighted by atomic mass is 10.1. The lowest BCUT2D eigenvalue weighted by Gasteiger charge is -2.19. The molecule has 1 aliphatic rings. The minimum absolute atomic E-state index is 0.0510. The normalized spacial score (nSPS) is 17.2. The van der Waals surface area contributed by atoms with E-state index in [1.165, 1.54) is 31.3 Å². The Kier molecular flexibility index (Phi) is 6.93. The second kappa shape index (κ2) is 9.47. The summed E-state index contributed by atoms with van der Waals surface area (Å²) in [5.74, 6) is -0.756. The van der Waals surface area contributed by atoms with Crippen molar-refractivity contribution in [1.82, 2.24) is 5.32 Å². The molecule has 1 heterocycles. The number of nitrogens with zero attached hydrogens (tertiary/aromatic N) is 1. The van der Waals surface area contributed by atoms with Crippen molar-refractivity contribution in [2.24, 2.45) is 5.92 Å². The number of methoxy groups -OCH3 is 2. The van der Waals surface area contributed by atoms with Gasteiger partial charge >= 0.3 is 6.18 Å². The Hall–Kier alpha value is -3.27. The highest BCUT2D eigenvalue weighted by molar-refractivity contribution is 6.00. The maximum atomic E-state index is 13.0. The van der Waals surface area contributed by atoms with Crippen LogP contribution in [0.25, 0.3) is 0 Å². The highest BCUT2D eigenvalue weighted by Crippen LogP contribution is 2.34. The number of hydrogen-bond donors (Lipinski definition) is 2. The first-order chi connectivity index (χ1) is 15.1. The largest absolute Gasteiger partial charge is 0.497 e. The minimum Gasteiger partial charge on any atom is -0.497 e. The molecule has 1 saturated heterocycles. The lowest BCUT2D eigenvalue weighted by molar-refractivity contribution is -0.137. The van der Waals surface area contributed by atoms with Gasteiger partial charge in [0.05, 0.1) is 31.8 Å². The van der Waals surface area contributed by atoms with Crippen molar-refractivity contribution >= 4 is 17.5 Å². The van der Waals surface area contributed by atoms with Gasteiger partial charge in [0.15, 0.2) is 0 Å². The molecule has 0 aromatic heterocycles. The molecule has 10 heteroatoms. The number of amides is 2. The van der Waals surface area contributed by atoms with Crippen LogP contribution in [-0.4, -0.2) is 44.2 Å². The Morgan fingerprint density at radius 3 is 2.62 bits per heavy atom. The summed E-state index contributed by atoms with van der Waals surface area (Å²) in [5.41, 5.74) is -0.368. The smallest absolute Gasteiger partial charge is 0.416 e. The van der Waals surface area contributed by atoms with Crippen LogP contribution in [0.5, 0.6) is 11.5 Å². The summed E-state index contributed by atoms with van der Waals surface area (Å²) in [6, 6.07) is 9.30. The van der Waals surface area contributed by atoms with E-state index < -0.39 is 35.6 Å². The number of carbonyl (C=O) groups excluding carboxylic acids is 2. The van der Waals surface area contributed by atoms with E-state index in [1.54, 1.807) is 18.2 Å². The number of halogens is 3. The molecule has 0 aliphatic carbocycles. The van der Waals surface area contributed by atoms with Gasteiger partial charge in [0.25, 0.3) is 0 Å². The Labute approximate surface area is 182 Å². The average molecular weight is 452 g/mol. The van der Waals surface area contributed by atoms with Gasteiger partial charge in [0, 0.05) is 30.8 Å². The third kappa shape index (κ3) is 5.13. The van der Waals surface area contributed by atoms with Crippen LogP contribution in [-0.2, 0) is 15.8 Å². The van der Waals surface area contributed by atoms with E-state index in [-0.39, 0.29) is 25.2 Å². The van der Waals surface area contributed by atoms with Crippen LogP contribution < -0.4 is 19.7 Å². The standard InChI is InChI=1S/C22H23F3N2O5/c1-31-16-6-7-19(32-2)17(10-16)18(28)11-26-21(30)13-8-20(29)27(12-13)15-5-3-4-14(9-15)22(23,24)25/h3-7,9-10,13,18,28H,8,11-12H2,1-2H3,(H,26,30). The number of rotatable bonds is 7. The summed E-state index contributed by atoms with van der Waals surface area (Å²) in [7, 11) is 2.93. The molecule has 0 saturated carbocycles. The molecule has 2 aromatic carbocycles. The van der Waals surface area contributed by atoms with Gasteiger partial charge in [-0.2, -0.15) is 13.2 Å². The summed E-state index contributed by atoms with van der Waals surface area (Å²) in [6.45, 7) is -0.193. The van der Waals surface area contributed by atoms with E-state index >= 15 is 0 Å². The molecule has 172 valence electrons. The van der Waals surface area contributed by atoms with E-state index in [9.17, 15) is 27.9 Å². The summed E-state index contributed by atoms with van der Waals surface area (Å²) in [6.07, 6.45) is -5.77. The third-order valence-corrected chi connectivity index (χ3v) is 5.25. The first-order valence-corrected chi connectivity index (χ1v) is 9.79. The first kappa shape index (κ1) is 23.4. The van der Waals surface area contributed by atoms with Gasteiger partial charge in [-0.25, -0.2) is 0 Å². The van der Waals surface area contributed by atoms with Gasteiger partial charge in [-0.3, -0.25) is 9.59 Å². The van der Waals surface area contributed by atoms with Gasteiger partial charge in [-0.15, -0.1) is 0 Å². The summed E-state index contributed by atoms with van der Waals surface area (Å²) in [5, 5.41) is 13.1. The van der Waals surface area contributed by atoms with Crippen LogP contribution in [0, 0.1) is 5.92 Å². The van der Waals surface area contributed by atoms with E-state index in [1.807, 2.05) is 0 Å². The second-order valence-electron chi connectivity index (χ2n) is 7.32. The predicted molar refractivity (Wildman–Crippen MR) is 109 cm³/mol. The zero-order valence-corrected chi connectivity index (χ0v) is 17.5. The van der Waals surface area contributed by atoms with E-state index in [0.29, 0.717) is 17.1 Å². The van der Waals surface area contributed by atoms with Crippen molar-refractivity contribution in [2.75, 3.05) is 32.2 Å². The molecule has 2 atom stereocenters. The number of benzene rings is 2. The molecule has 0 radical (unpaired) electrons. The molecule has 3 rings (SSSR count). The fourth-order valence-corrected chi connectivity index (χ4v) is 3.53. The average Bonchev–Trinajstić information content (AvgIpc) is 3.18. The highest BCUT2D eigenvalue weighted by Gasteiger charge is 2.37. The van der Waals surface area contributed by atoms with Crippen molar-refractivity contribution in [3.05, 3.63) is 53.6 Å². The molecule has 32 heavy (non-hydrogen) atoms. The molecule has 2 unspecified atom stereocenters. The number of ether oxygens (including phenoxy) is 2. The molecule has 7 nitrogen and oxygen atoms in total. The van der Waals surface area contributed by atoms with Crippen molar-refractivity contribution in [2.45, 2.75) is 18.7 Å². The number of nitrogens with one attached hydrogen (secondary N) is 1. The highest BCUT2D eigenvalue weighted by atomic mass is 19.4. The molecule has 0 spiro atoms. The predicted octanol–water partition coefficient (Wildman–Crippen LogP) is 2.93. The van der Waals surface area contributed by atoms with E-state index in [0.717, 1.165) is 12.1 Å². The van der Waals surface area contributed by atoms with Gasteiger partial charge in [-0.05, 0) is 36.4 Å². The van der Waals surface area contributed by atoms with Crippen molar-refractivity contribution < 1.29 is 37.3 Å². The molecule has 0 bridgehead atoms. The van der Waals surface area contributed by atoms with Crippen molar-refractivity contribution in [3.8, 4) is 11.5 Å². The fraction of sp³-hybridized carbons (Fsp3) is 0.364. The molecule has 2 aromatic rings. The Balaban J connectivity index is 1.64. The first-order valence-electron chi connectivity index (χ1n) is 9.79. The number of anilines is 1. The maximum Gasteiger partial charge on any atom is 0.416 e. The van der Waals surface area contributed by atoms with Crippen molar-refractivity contribution in [3.63, 3.8) is 0 Å². The van der Waals surface area contributed by atoms with Gasteiger partial charge < -0.3 is 24.8 Å². The lowest BCUT2D eigenvalue weighted by Crippen LogP contribution is -2.35. The molecular formula is C22H23F3N2O5. The van der Waals surface area contributed by atoms with Crippen LogP contribution >= 0.6 is 0 Å². The second-order valence-corrected chi connectivity index (χ2v) is 7.32. The molecule has 1 fully saturated rings. The Morgan fingerprint density at radius 2 is 1.97 bits per heavy atom. The molecular weight excluding hydrogens is 429 g/mol. The number of alkyl halides is 3. The van der Waals surface area contributed by atoms with Crippen LogP contribution in [0.4, 0.5) is 18.9 Å². The maximum absolute atomic E-state index is 13.0. The van der Waals surface area contributed by atoms with E-state index in [4.69, 9.17) is 9.47 Å². The zero-order chi connectivity index (χ0) is 23.5. The molecule has 2 amide bonds. The van der Waals surface area contributed by atoms with E-state index in [2.05, 4.69) is 5.32 Å². The number of hydrogen-bond acceptors (Lipinski definition) is 5. The summed E-state index contributed by atoms with van der Waals surface area (Å²) >= 11 is 0. The fourth-order valence-electron chi connectivity index (χ4n) is 3.53. The zero-order valence-electron chi connectivity index (χ0n) is 17.5. The van der Waals surface area contributed by atoms with Crippen LogP contribution in [0.2, 0.25) is 0 Å². The van der Waals surface area contributed by atoms with Crippen molar-refractivity contribution in [1.29, 1.82) is 0 Å². The third-order valence-electron chi connectivity index (χ3n) is 5.25. The summed E-state index contributed by atoms with van der Waals surface area (Å²) < 4.78 is 49.3. The number of aliphatic hydroxyl groups is 1. The van der Waals surface area contributed by atoms with Gasteiger partial charge in [0.2, 0.25) is 11.8 Å². The quantitative estimate of drug-likeness (QED) is 0.675. The van der Waals surface area contributed by atoms with Crippen LogP contribution in [0.3, 0.4) is 0 Å². The summed E-state index contributed by atoms with van der Waals surface area (Å²) in [4.78, 5) is 26.1. The Morgan fingerprint density at radius 1 is 1.22 bits per heavy atom. The molecule has 1 aliphatic heterocycles. The molecule has 2 N–H and O–H groups in total. The van der Waals surface area contributed by atoms with Gasteiger partial charge in [-0.1, -0.05) is 6.07 Å². The minimum atomic E-state index is -4.53. The topological polar surface area (TPSA) is 88.1 Å². The monoisotopic (exact) mass is 452 g/mol. The van der Waals surface area contributed by atoms with Crippen LogP contribution in [0.1, 0.15) is 23.7 Å². The number of carbonyl (C=O) groups is 2. The SMILES string of the molecule is COc1ccc(OC)c(C(O)CNC(=O)C2CC(=O)N(c3cccc(C(F)(F)F)c3)C2)c1. The Bertz CT molecular complexity index is 996. The number of aliphatic hydroxyl groups excluding tert-OH is 1. The van der Waals surface area contributed by atoms with Crippen LogP contribution in [0.15, 0.2) is 42.5 Å². The van der Waals surface area contributed by atoms with Gasteiger partial charge in [0.1, 0.15) is 11.5 Å².